The van der Waals surface area contributed by atoms with E-state index < -0.39 is 0 Å². The van der Waals surface area contributed by atoms with E-state index in [9.17, 15) is 0 Å². The molecule has 0 bridgehead atoms. The molecule has 0 amide bonds. The molecule has 1 aromatic carbocycles. The van der Waals surface area contributed by atoms with Crippen molar-refractivity contribution in [3.63, 3.8) is 0 Å². The molecule has 0 aliphatic heterocycles. The molecule has 0 atom stereocenters. The molecule has 0 N–H and O–H groups in total. The second-order valence-corrected chi connectivity index (χ2v) is 6.01. The van der Waals surface area contributed by atoms with Crippen molar-refractivity contribution in [3.8, 4) is 0 Å². The number of alkyl halides is 1. The van der Waals surface area contributed by atoms with Gasteiger partial charge in [0.25, 0.3) is 0 Å². The first kappa shape index (κ1) is 13.9. The zero-order chi connectivity index (χ0) is 11.8. The van der Waals surface area contributed by atoms with Gasteiger partial charge in [-0.2, -0.15) is 0 Å². The van der Waals surface area contributed by atoms with Gasteiger partial charge >= 0.3 is 0 Å². The number of halogens is 1. The fraction of sp³-hybridized carbons (Fsp3) is 0.571. The van der Waals surface area contributed by atoms with Gasteiger partial charge < -0.3 is 0 Å². The van der Waals surface area contributed by atoms with Gasteiger partial charge in [-0.25, -0.2) is 0 Å². The maximum absolute atomic E-state index is 5.68. The summed E-state index contributed by atoms with van der Waals surface area (Å²) in [5, 5.41) is 0. The third kappa shape index (κ3) is 5.81. The first-order valence-electron chi connectivity index (χ1n) is 6.00. The Morgan fingerprint density at radius 1 is 1.19 bits per heavy atom. The van der Waals surface area contributed by atoms with Gasteiger partial charge in [0.05, 0.1) is 0 Å². The highest BCUT2D eigenvalue weighted by atomic mass is 35.5. The van der Waals surface area contributed by atoms with Crippen LogP contribution in [0.1, 0.15) is 32.3 Å². The lowest BCUT2D eigenvalue weighted by Crippen LogP contribution is -1.90. The monoisotopic (exact) mass is 256 g/mol. The summed E-state index contributed by atoms with van der Waals surface area (Å²) < 4.78 is 0. The van der Waals surface area contributed by atoms with Crippen molar-refractivity contribution in [3.05, 3.63) is 29.8 Å². The lowest BCUT2D eigenvalue weighted by molar-refractivity contribution is 0.632. The molecule has 0 aliphatic rings. The third-order valence-corrected chi connectivity index (χ3v) is 3.80. The number of rotatable bonds is 7. The smallest absolute Gasteiger partial charge is 0.0226 e. The lowest BCUT2D eigenvalue weighted by Gasteiger charge is -2.05. The largest absolute Gasteiger partial charge is 0.127 e. The van der Waals surface area contributed by atoms with Crippen molar-refractivity contribution in [1.29, 1.82) is 0 Å². The van der Waals surface area contributed by atoms with Crippen molar-refractivity contribution in [2.45, 2.75) is 38.0 Å². The van der Waals surface area contributed by atoms with Gasteiger partial charge in [-0.05, 0) is 48.6 Å². The van der Waals surface area contributed by atoms with Crippen LogP contribution >= 0.6 is 23.4 Å². The molecular formula is C14H21ClS. The van der Waals surface area contributed by atoms with Gasteiger partial charge in [0.2, 0.25) is 0 Å². The molecule has 0 aromatic heterocycles. The molecule has 0 fully saturated rings. The lowest BCUT2D eigenvalue weighted by atomic mass is 10.1. The van der Waals surface area contributed by atoms with Crippen LogP contribution in [0.25, 0.3) is 0 Å². The fourth-order valence-electron chi connectivity index (χ4n) is 1.44. The first-order valence-corrected chi connectivity index (χ1v) is 7.52. The van der Waals surface area contributed by atoms with Crippen LogP contribution < -0.4 is 0 Å². The van der Waals surface area contributed by atoms with Crippen molar-refractivity contribution < 1.29 is 0 Å². The second-order valence-electron chi connectivity index (χ2n) is 4.47. The Morgan fingerprint density at radius 3 is 2.44 bits per heavy atom. The summed E-state index contributed by atoms with van der Waals surface area (Å²) in [6, 6.07) is 8.91. The van der Waals surface area contributed by atoms with Crippen molar-refractivity contribution in [2.24, 2.45) is 5.92 Å². The average molecular weight is 257 g/mol. The highest BCUT2D eigenvalue weighted by Crippen LogP contribution is 2.21. The topological polar surface area (TPSA) is 0 Å². The van der Waals surface area contributed by atoms with Gasteiger partial charge in [-0.1, -0.05) is 26.0 Å². The van der Waals surface area contributed by atoms with Crippen molar-refractivity contribution in [2.75, 3.05) is 11.6 Å². The molecule has 0 saturated carbocycles. The summed E-state index contributed by atoms with van der Waals surface area (Å²) in [6.45, 7) is 4.55. The minimum absolute atomic E-state index is 0.755. The molecule has 16 heavy (non-hydrogen) atoms. The number of benzene rings is 1. The first-order chi connectivity index (χ1) is 7.72. The zero-order valence-corrected chi connectivity index (χ0v) is 11.8. The molecule has 90 valence electrons. The molecule has 0 aliphatic carbocycles. The predicted octanol–water partition coefficient (Wildman–Crippen LogP) is 5.00. The normalized spacial score (nSPS) is 11.0. The predicted molar refractivity (Wildman–Crippen MR) is 75.7 cm³/mol. The maximum atomic E-state index is 5.68. The van der Waals surface area contributed by atoms with E-state index in [0.717, 1.165) is 24.6 Å². The molecule has 1 aromatic rings. The standard InChI is InChI=1S/C14H21ClS/c1-12(2)9-11-16-14-7-5-13(6-8-14)4-3-10-15/h5-8,12H,3-4,9-11H2,1-2H3. The van der Waals surface area contributed by atoms with Crippen LogP contribution in [0.15, 0.2) is 29.2 Å². The van der Waals surface area contributed by atoms with Crippen LogP contribution in [0, 0.1) is 5.92 Å². The van der Waals surface area contributed by atoms with E-state index in [1.807, 2.05) is 11.8 Å². The Balaban J connectivity index is 2.33. The number of aryl methyl sites for hydroxylation is 1. The van der Waals surface area contributed by atoms with Gasteiger partial charge in [0, 0.05) is 10.8 Å². The zero-order valence-electron chi connectivity index (χ0n) is 10.2. The Kier molecular flexibility index (Phi) is 6.98. The molecule has 1 rings (SSSR count). The fourth-order valence-corrected chi connectivity index (χ4v) is 2.72. The minimum Gasteiger partial charge on any atom is -0.127 e. The highest BCUT2D eigenvalue weighted by Gasteiger charge is 1.98. The second kappa shape index (κ2) is 8.03. The summed E-state index contributed by atoms with van der Waals surface area (Å²) in [5.41, 5.74) is 1.40. The highest BCUT2D eigenvalue weighted by molar-refractivity contribution is 7.99. The SMILES string of the molecule is CC(C)CCSc1ccc(CCCCl)cc1. The van der Waals surface area contributed by atoms with Gasteiger partial charge in [0.15, 0.2) is 0 Å². The van der Waals surface area contributed by atoms with Crippen LogP contribution in [0.3, 0.4) is 0 Å². The average Bonchev–Trinajstić information content (AvgIpc) is 2.27. The van der Waals surface area contributed by atoms with Crippen LogP contribution in [0.4, 0.5) is 0 Å². The molecule has 0 spiro atoms. The summed E-state index contributed by atoms with van der Waals surface area (Å²) >= 11 is 7.63. The summed E-state index contributed by atoms with van der Waals surface area (Å²) in [6.07, 6.45) is 3.46. The number of hydrogen-bond acceptors (Lipinski definition) is 1. The summed E-state index contributed by atoms with van der Waals surface area (Å²) in [5.74, 6) is 2.78. The van der Waals surface area contributed by atoms with Crippen molar-refractivity contribution in [1.82, 2.24) is 0 Å². The van der Waals surface area contributed by atoms with E-state index in [4.69, 9.17) is 11.6 Å². The molecule has 0 radical (unpaired) electrons. The quantitative estimate of drug-likeness (QED) is 0.489. The Hall–Kier alpha value is -0.140. The minimum atomic E-state index is 0.755. The molecule has 2 heteroatoms. The van der Waals surface area contributed by atoms with E-state index in [1.165, 1.54) is 22.6 Å². The summed E-state index contributed by atoms with van der Waals surface area (Å²) in [4.78, 5) is 1.38. The number of thioether (sulfide) groups is 1. The van der Waals surface area contributed by atoms with Crippen LogP contribution in [-0.2, 0) is 6.42 Å². The van der Waals surface area contributed by atoms with Gasteiger partial charge in [-0.3, -0.25) is 0 Å². The van der Waals surface area contributed by atoms with Crippen LogP contribution in [0.2, 0.25) is 0 Å². The van der Waals surface area contributed by atoms with Crippen LogP contribution in [0.5, 0.6) is 0 Å². The Bertz CT molecular complexity index is 279. The maximum Gasteiger partial charge on any atom is 0.0226 e. The molecule has 0 heterocycles. The van der Waals surface area contributed by atoms with E-state index in [1.54, 1.807) is 0 Å². The van der Waals surface area contributed by atoms with E-state index >= 15 is 0 Å². The van der Waals surface area contributed by atoms with Gasteiger partial charge in [-0.15, -0.1) is 23.4 Å². The van der Waals surface area contributed by atoms with E-state index in [-0.39, 0.29) is 0 Å². The molecule has 0 saturated heterocycles. The van der Waals surface area contributed by atoms with Crippen molar-refractivity contribution >= 4 is 23.4 Å². The molecule has 0 unspecified atom stereocenters. The molecular weight excluding hydrogens is 236 g/mol. The number of hydrogen-bond donors (Lipinski definition) is 0. The third-order valence-electron chi connectivity index (χ3n) is 2.49. The van der Waals surface area contributed by atoms with E-state index in [2.05, 4.69) is 38.1 Å². The molecule has 0 nitrogen and oxygen atoms in total. The van der Waals surface area contributed by atoms with E-state index in [0.29, 0.717) is 0 Å². The Morgan fingerprint density at radius 2 is 1.88 bits per heavy atom. The Labute approximate surface area is 109 Å². The summed E-state index contributed by atoms with van der Waals surface area (Å²) in [7, 11) is 0. The van der Waals surface area contributed by atoms with Gasteiger partial charge in [0.1, 0.15) is 0 Å². The van der Waals surface area contributed by atoms with Crippen LogP contribution in [-0.4, -0.2) is 11.6 Å².